The summed E-state index contributed by atoms with van der Waals surface area (Å²) in [6, 6.07) is 17.8. The second kappa shape index (κ2) is 11.5. The van der Waals surface area contributed by atoms with Gasteiger partial charge >= 0.3 is 11.9 Å². The summed E-state index contributed by atoms with van der Waals surface area (Å²) in [6.45, 7) is 0. The van der Waals surface area contributed by atoms with Gasteiger partial charge in [0.15, 0.2) is 5.78 Å². The third-order valence-corrected chi connectivity index (χ3v) is 7.71. The van der Waals surface area contributed by atoms with Crippen LogP contribution in [0.2, 0.25) is 0 Å². The Morgan fingerprint density at radius 1 is 0.881 bits per heavy atom. The molecule has 0 aromatic heterocycles. The molecule has 2 aliphatic rings. The van der Waals surface area contributed by atoms with Crippen LogP contribution >= 0.6 is 0 Å². The molecule has 3 unspecified atom stereocenters. The Morgan fingerprint density at radius 3 is 2.14 bits per heavy atom. The van der Waals surface area contributed by atoms with Crippen LogP contribution < -0.4 is 15.4 Å². The number of hydrogen-bond donors (Lipinski definition) is 1. The average molecular weight is 575 g/mol. The van der Waals surface area contributed by atoms with E-state index in [4.69, 9.17) is 19.9 Å². The van der Waals surface area contributed by atoms with Crippen molar-refractivity contribution in [1.29, 1.82) is 0 Å². The van der Waals surface area contributed by atoms with Gasteiger partial charge < -0.3 is 19.9 Å². The van der Waals surface area contributed by atoms with Crippen molar-refractivity contribution in [1.82, 2.24) is 0 Å². The number of benzene rings is 3. The Bertz CT molecular complexity index is 1610. The lowest BCUT2D eigenvalue weighted by atomic mass is 9.67. The zero-order valence-corrected chi connectivity index (χ0v) is 23.1. The highest BCUT2D eigenvalue weighted by molar-refractivity contribution is 6.14. The summed E-state index contributed by atoms with van der Waals surface area (Å²) in [5.74, 6) is -5.88. The smallest absolute Gasteiger partial charge is 0.338 e. The maximum atomic E-state index is 14.6. The number of allylic oxidation sites excluding steroid dienone is 2. The van der Waals surface area contributed by atoms with Gasteiger partial charge in [-0.05, 0) is 60.0 Å². The zero-order chi connectivity index (χ0) is 30.1. The highest BCUT2D eigenvalue weighted by Gasteiger charge is 2.51. The molecule has 216 valence electrons. The van der Waals surface area contributed by atoms with Crippen LogP contribution in [0.4, 0.5) is 14.5 Å². The molecule has 0 fully saturated rings. The highest BCUT2D eigenvalue weighted by atomic mass is 19.1. The van der Waals surface area contributed by atoms with Gasteiger partial charge in [-0.15, -0.1) is 0 Å². The predicted octanol–water partition coefficient (Wildman–Crippen LogP) is 4.72. The zero-order valence-electron chi connectivity index (χ0n) is 23.1. The number of hydrogen-bond acceptors (Lipinski definition) is 8. The average Bonchev–Trinajstić information content (AvgIpc) is 3.00. The minimum Gasteiger partial charge on any atom is -0.497 e. The van der Waals surface area contributed by atoms with E-state index in [0.29, 0.717) is 22.6 Å². The fourth-order valence-electron chi connectivity index (χ4n) is 5.80. The molecule has 0 radical (unpaired) electrons. The van der Waals surface area contributed by atoms with Gasteiger partial charge in [-0.25, -0.2) is 13.6 Å². The quantitative estimate of drug-likeness (QED) is 0.333. The van der Waals surface area contributed by atoms with Crippen LogP contribution in [0.3, 0.4) is 0 Å². The van der Waals surface area contributed by atoms with E-state index in [-0.39, 0.29) is 29.1 Å². The van der Waals surface area contributed by atoms with Gasteiger partial charge in [-0.1, -0.05) is 30.3 Å². The maximum absolute atomic E-state index is 14.6. The first kappa shape index (κ1) is 28.5. The Hall–Kier alpha value is -4.99. The first-order chi connectivity index (χ1) is 20.2. The van der Waals surface area contributed by atoms with Gasteiger partial charge in [-0.3, -0.25) is 14.5 Å². The van der Waals surface area contributed by atoms with Crippen LogP contribution in [0.15, 0.2) is 95.5 Å². The molecule has 0 bridgehead atoms. The highest BCUT2D eigenvalue weighted by Crippen LogP contribution is 2.51. The first-order valence-electron chi connectivity index (χ1n) is 13.1. The lowest BCUT2D eigenvalue weighted by Gasteiger charge is -2.44. The van der Waals surface area contributed by atoms with E-state index in [9.17, 15) is 23.2 Å². The van der Waals surface area contributed by atoms with Crippen molar-refractivity contribution in [3.8, 4) is 5.75 Å². The molecule has 1 heterocycles. The Balaban J connectivity index is 1.81. The van der Waals surface area contributed by atoms with Crippen LogP contribution in [0.1, 0.15) is 29.4 Å². The van der Waals surface area contributed by atoms with Gasteiger partial charge in [0, 0.05) is 17.2 Å². The molecule has 5 rings (SSSR count). The van der Waals surface area contributed by atoms with E-state index in [1.54, 1.807) is 30.3 Å². The molecule has 0 amide bonds. The van der Waals surface area contributed by atoms with Crippen molar-refractivity contribution in [3.63, 3.8) is 0 Å². The van der Waals surface area contributed by atoms with Crippen LogP contribution in [-0.4, -0.2) is 39.1 Å². The number of nitrogens with zero attached hydrogens (tertiary/aromatic N) is 1. The number of ether oxygens (including phenoxy) is 3. The van der Waals surface area contributed by atoms with Gasteiger partial charge in [0.25, 0.3) is 0 Å². The molecule has 8 nitrogen and oxygen atoms in total. The Kier molecular flexibility index (Phi) is 7.80. The number of carbonyl (C=O) groups excluding carboxylic acids is 3. The molecule has 0 saturated carbocycles. The van der Waals surface area contributed by atoms with Gasteiger partial charge in [0.1, 0.15) is 29.1 Å². The third kappa shape index (κ3) is 4.89. The molecule has 2 N–H and O–H groups in total. The molecule has 3 atom stereocenters. The lowest BCUT2D eigenvalue weighted by Crippen LogP contribution is -2.46. The summed E-state index contributed by atoms with van der Waals surface area (Å²) in [5, 5.41) is 0. The second-order valence-electron chi connectivity index (χ2n) is 9.90. The maximum Gasteiger partial charge on any atom is 0.338 e. The number of methoxy groups -OCH3 is 3. The molecule has 3 aromatic carbocycles. The minimum absolute atomic E-state index is 0.0839. The SMILES string of the molecule is COC(=O)C1=C(N)N(c2cccc(F)c2)C2=C(C(=O)C(C(=O)OC)C(c3ccc(OC)cc3)C2)C1c1ccc(F)cc1. The van der Waals surface area contributed by atoms with Crippen LogP contribution in [0.25, 0.3) is 0 Å². The van der Waals surface area contributed by atoms with E-state index < -0.39 is 47.1 Å². The molecule has 1 aliphatic heterocycles. The number of nitrogens with two attached hydrogens (primary N) is 1. The first-order valence-corrected chi connectivity index (χ1v) is 13.1. The van der Waals surface area contributed by atoms with Gasteiger partial charge in [0.05, 0.1) is 38.5 Å². The van der Waals surface area contributed by atoms with Crippen LogP contribution in [0, 0.1) is 17.6 Å². The molecule has 10 heteroatoms. The van der Waals surface area contributed by atoms with Crippen molar-refractivity contribution < 1.29 is 37.4 Å². The van der Waals surface area contributed by atoms with E-state index in [0.717, 1.165) is 0 Å². The van der Waals surface area contributed by atoms with E-state index in [2.05, 4.69) is 0 Å². The molecule has 0 saturated heterocycles. The standard InChI is InChI=1S/C32H28F2N2O6/c1-40-22-13-9-17(10-14-22)23-16-24-27(29(37)26(23)31(38)41-2)25(18-7-11-19(33)12-8-18)28(32(39)42-3)30(35)36(24)21-6-4-5-20(34)15-21/h4-15,23,25-26H,16,35H2,1-3H3. The normalized spacial score (nSPS) is 20.3. The number of halogens is 2. The lowest BCUT2D eigenvalue weighted by molar-refractivity contribution is -0.150. The Morgan fingerprint density at radius 2 is 1.55 bits per heavy atom. The summed E-state index contributed by atoms with van der Waals surface area (Å²) < 4.78 is 43.9. The van der Waals surface area contributed by atoms with Gasteiger partial charge in [0.2, 0.25) is 0 Å². The number of ketones is 1. The summed E-state index contributed by atoms with van der Waals surface area (Å²) in [6.07, 6.45) is 0.0938. The van der Waals surface area contributed by atoms with Crippen molar-refractivity contribution >= 4 is 23.4 Å². The van der Waals surface area contributed by atoms with Crippen LogP contribution in [-0.2, 0) is 23.9 Å². The number of rotatable bonds is 6. The molecular weight excluding hydrogens is 546 g/mol. The second-order valence-corrected chi connectivity index (χ2v) is 9.90. The summed E-state index contributed by atoms with van der Waals surface area (Å²) in [5.41, 5.74) is 8.33. The fraction of sp³-hybridized carbons (Fsp3) is 0.219. The molecule has 42 heavy (non-hydrogen) atoms. The molecular formula is C32H28F2N2O6. The summed E-state index contributed by atoms with van der Waals surface area (Å²) in [7, 11) is 3.89. The third-order valence-electron chi connectivity index (χ3n) is 7.71. The number of carbonyl (C=O) groups is 3. The van der Waals surface area contributed by atoms with Crippen molar-refractivity contribution in [2.45, 2.75) is 18.3 Å². The van der Waals surface area contributed by atoms with E-state index >= 15 is 0 Å². The number of anilines is 1. The van der Waals surface area contributed by atoms with Gasteiger partial charge in [-0.2, -0.15) is 0 Å². The monoisotopic (exact) mass is 574 g/mol. The van der Waals surface area contributed by atoms with Crippen molar-refractivity contribution in [3.05, 3.63) is 118 Å². The summed E-state index contributed by atoms with van der Waals surface area (Å²) >= 11 is 0. The molecule has 1 aliphatic carbocycles. The van der Waals surface area contributed by atoms with Crippen molar-refractivity contribution in [2.75, 3.05) is 26.2 Å². The largest absolute Gasteiger partial charge is 0.497 e. The van der Waals surface area contributed by atoms with E-state index in [1.807, 2.05) is 0 Å². The minimum atomic E-state index is -1.28. The number of Topliss-reactive ketones (excluding diaryl/α,β-unsaturated/α-hetero) is 1. The summed E-state index contributed by atoms with van der Waals surface area (Å²) in [4.78, 5) is 42.5. The van der Waals surface area contributed by atoms with Crippen molar-refractivity contribution in [2.24, 2.45) is 11.7 Å². The Labute approximate surface area is 241 Å². The van der Waals surface area contributed by atoms with E-state index in [1.165, 1.54) is 68.7 Å². The van der Waals surface area contributed by atoms with Crippen LogP contribution in [0.5, 0.6) is 5.75 Å². The topological polar surface area (TPSA) is 108 Å². The fourth-order valence-corrected chi connectivity index (χ4v) is 5.80. The molecule has 3 aromatic rings. The number of esters is 2. The predicted molar refractivity (Wildman–Crippen MR) is 149 cm³/mol. The molecule has 0 spiro atoms.